The first kappa shape index (κ1) is 25.4. The van der Waals surface area contributed by atoms with Crippen molar-refractivity contribution in [1.29, 1.82) is 0 Å². The largest absolute Gasteiger partial charge is 0.460 e. The summed E-state index contributed by atoms with van der Waals surface area (Å²) in [5.41, 5.74) is -1.93. The molecule has 0 aliphatic heterocycles. The second-order valence-electron chi connectivity index (χ2n) is 7.77. The van der Waals surface area contributed by atoms with Crippen molar-refractivity contribution < 1.29 is 31.8 Å². The lowest BCUT2D eigenvalue weighted by atomic mass is 9.86. The monoisotopic (exact) mass is 494 g/mol. The van der Waals surface area contributed by atoms with Crippen LogP contribution in [0.1, 0.15) is 18.1 Å². The third-order valence-corrected chi connectivity index (χ3v) is 6.64. The van der Waals surface area contributed by atoms with Crippen LogP contribution < -0.4 is 0 Å². The van der Waals surface area contributed by atoms with Gasteiger partial charge in [0, 0.05) is 11.6 Å². The number of halogens is 2. The lowest BCUT2D eigenvalue weighted by Gasteiger charge is -2.39. The molecule has 0 radical (unpaired) electrons. The number of benzene rings is 2. The molecule has 0 spiro atoms. The van der Waals surface area contributed by atoms with E-state index < -0.39 is 52.4 Å². The maximum atomic E-state index is 14.8. The molecule has 3 rings (SSSR count). The van der Waals surface area contributed by atoms with Gasteiger partial charge < -0.3 is 9.84 Å². The van der Waals surface area contributed by atoms with Crippen molar-refractivity contribution in [3.63, 3.8) is 0 Å². The van der Waals surface area contributed by atoms with Crippen molar-refractivity contribution in [1.82, 2.24) is 19.1 Å². The van der Waals surface area contributed by atoms with E-state index in [2.05, 4.69) is 10.1 Å². The van der Waals surface area contributed by atoms with Crippen LogP contribution in [0.25, 0.3) is 0 Å². The average molecular weight is 495 g/mol. The Bertz CT molecular complexity index is 1230. The summed E-state index contributed by atoms with van der Waals surface area (Å²) in [6, 6.07) is 9.93. The molecule has 0 bridgehead atoms. The van der Waals surface area contributed by atoms with Crippen LogP contribution in [-0.2, 0) is 38.3 Å². The summed E-state index contributed by atoms with van der Waals surface area (Å²) in [7, 11) is -4.10. The number of nitrogens with zero attached hydrogens (tertiary/aromatic N) is 4. The highest BCUT2D eigenvalue weighted by Crippen LogP contribution is 2.33. The minimum Gasteiger partial charge on any atom is -0.460 e. The zero-order valence-electron chi connectivity index (χ0n) is 18.5. The fourth-order valence-corrected chi connectivity index (χ4v) is 4.62. The van der Waals surface area contributed by atoms with Gasteiger partial charge in [0.1, 0.15) is 43.0 Å². The molecule has 2 atom stereocenters. The lowest BCUT2D eigenvalue weighted by molar-refractivity contribution is -0.146. The molecule has 182 valence electrons. The van der Waals surface area contributed by atoms with Gasteiger partial charge in [-0.15, -0.1) is 0 Å². The van der Waals surface area contributed by atoms with Crippen molar-refractivity contribution in [2.24, 2.45) is 0 Å². The topological polar surface area (TPSA) is 115 Å². The number of aliphatic hydroxyl groups is 1. The summed E-state index contributed by atoms with van der Waals surface area (Å²) >= 11 is 0. The van der Waals surface area contributed by atoms with E-state index in [1.54, 1.807) is 30.3 Å². The average Bonchev–Trinajstić information content (AvgIpc) is 3.28. The number of hydrogen-bond acceptors (Lipinski definition) is 7. The summed E-state index contributed by atoms with van der Waals surface area (Å²) in [5, 5.41) is 15.5. The Hall–Kier alpha value is -3.22. The molecular weight excluding hydrogens is 470 g/mol. The maximum absolute atomic E-state index is 14.8. The second kappa shape index (κ2) is 10.4. The molecule has 0 amide bonds. The molecule has 0 aliphatic carbocycles. The van der Waals surface area contributed by atoms with E-state index in [9.17, 15) is 27.1 Å². The minimum absolute atomic E-state index is 0.0819. The third-order valence-electron chi connectivity index (χ3n) is 5.34. The highest BCUT2D eigenvalue weighted by atomic mass is 32.2. The summed E-state index contributed by atoms with van der Waals surface area (Å²) in [4.78, 5) is 16.3. The molecule has 1 heterocycles. The first-order valence-electron chi connectivity index (χ1n) is 10.2. The number of aromatic nitrogens is 3. The number of rotatable bonds is 10. The SMILES string of the molecule is C[C@@H](N(CC(=O)OCc1ccccc1)S(C)(=O)=O)[C@](O)(Cn1cncn1)c1ccc(F)cc1F. The van der Waals surface area contributed by atoms with E-state index in [1.807, 2.05) is 0 Å². The molecule has 12 heteroatoms. The van der Waals surface area contributed by atoms with E-state index >= 15 is 0 Å². The Morgan fingerprint density at radius 2 is 1.94 bits per heavy atom. The summed E-state index contributed by atoms with van der Waals surface area (Å²) in [5.74, 6) is -2.83. The number of ether oxygens (including phenoxy) is 1. The van der Waals surface area contributed by atoms with Crippen LogP contribution in [0.3, 0.4) is 0 Å². The van der Waals surface area contributed by atoms with Crippen LogP contribution in [0.2, 0.25) is 0 Å². The van der Waals surface area contributed by atoms with Gasteiger partial charge in [0.25, 0.3) is 0 Å². The Kier molecular flexibility index (Phi) is 7.75. The van der Waals surface area contributed by atoms with Crippen LogP contribution >= 0.6 is 0 Å². The molecule has 0 aliphatic rings. The quantitative estimate of drug-likeness (QED) is 0.428. The van der Waals surface area contributed by atoms with Crippen molar-refractivity contribution >= 4 is 16.0 Å². The smallest absolute Gasteiger partial charge is 0.321 e. The zero-order chi connectivity index (χ0) is 24.9. The fourth-order valence-electron chi connectivity index (χ4n) is 3.53. The van der Waals surface area contributed by atoms with Gasteiger partial charge in [0.2, 0.25) is 10.0 Å². The molecule has 0 unspecified atom stereocenters. The molecule has 34 heavy (non-hydrogen) atoms. The van der Waals surface area contributed by atoms with Gasteiger partial charge in [0.15, 0.2) is 0 Å². The van der Waals surface area contributed by atoms with Crippen LogP contribution in [0, 0.1) is 11.6 Å². The fraction of sp³-hybridized carbons (Fsp3) is 0.318. The summed E-state index contributed by atoms with van der Waals surface area (Å²) < 4.78 is 60.6. The van der Waals surface area contributed by atoms with Crippen molar-refractivity contribution in [3.8, 4) is 0 Å². The Labute approximate surface area is 195 Å². The molecule has 0 saturated carbocycles. The van der Waals surface area contributed by atoms with Gasteiger partial charge >= 0.3 is 5.97 Å². The van der Waals surface area contributed by atoms with Crippen LogP contribution in [0.5, 0.6) is 0 Å². The summed E-state index contributed by atoms with van der Waals surface area (Å²) in [6.07, 6.45) is 3.28. The molecule has 1 aromatic heterocycles. The van der Waals surface area contributed by atoms with Gasteiger partial charge in [-0.25, -0.2) is 26.9 Å². The molecule has 2 aromatic carbocycles. The highest BCUT2D eigenvalue weighted by molar-refractivity contribution is 7.88. The Morgan fingerprint density at radius 3 is 2.53 bits per heavy atom. The van der Waals surface area contributed by atoms with Gasteiger partial charge in [-0.1, -0.05) is 36.4 Å². The van der Waals surface area contributed by atoms with E-state index in [1.165, 1.54) is 24.3 Å². The van der Waals surface area contributed by atoms with Gasteiger partial charge in [-0.05, 0) is 18.6 Å². The van der Waals surface area contributed by atoms with Crippen LogP contribution in [0.15, 0.2) is 61.2 Å². The van der Waals surface area contributed by atoms with Gasteiger partial charge in [-0.2, -0.15) is 9.40 Å². The molecule has 1 N–H and O–H groups in total. The Balaban J connectivity index is 1.93. The first-order chi connectivity index (χ1) is 16.0. The third kappa shape index (κ3) is 6.01. The van der Waals surface area contributed by atoms with Crippen molar-refractivity contribution in [2.45, 2.75) is 31.7 Å². The van der Waals surface area contributed by atoms with E-state index in [-0.39, 0.29) is 12.2 Å². The van der Waals surface area contributed by atoms with E-state index in [4.69, 9.17) is 4.74 Å². The van der Waals surface area contributed by atoms with Crippen molar-refractivity contribution in [2.75, 3.05) is 12.8 Å². The highest BCUT2D eigenvalue weighted by Gasteiger charge is 2.45. The first-order valence-corrected chi connectivity index (χ1v) is 12.0. The van der Waals surface area contributed by atoms with Crippen molar-refractivity contribution in [3.05, 3.63) is 83.9 Å². The number of carbonyl (C=O) groups excluding carboxylic acids is 1. The molecule has 9 nitrogen and oxygen atoms in total. The van der Waals surface area contributed by atoms with Gasteiger partial charge in [0.05, 0.1) is 18.8 Å². The normalized spacial score (nSPS) is 14.5. The molecule has 0 saturated heterocycles. The standard InChI is InChI=1S/C22H24F2N4O5S/c1-16(28(34(2,31)32)11-21(29)33-12-17-6-4-3-5-7-17)22(30,13-27-15-25-14-26-27)19-9-8-18(23)10-20(19)24/h3-10,14-16,30H,11-13H2,1-2H3/t16-,22-/m1/s1. The lowest BCUT2D eigenvalue weighted by Crippen LogP contribution is -2.55. The van der Waals surface area contributed by atoms with E-state index in [0.717, 1.165) is 18.4 Å². The van der Waals surface area contributed by atoms with E-state index in [0.29, 0.717) is 15.9 Å². The minimum atomic E-state index is -4.10. The number of esters is 1. The number of sulfonamides is 1. The molecule has 0 fully saturated rings. The predicted octanol–water partition coefficient (Wildman–Crippen LogP) is 1.84. The number of carbonyl (C=O) groups is 1. The molecular formula is C22H24F2N4O5S. The zero-order valence-corrected chi connectivity index (χ0v) is 19.3. The van der Waals surface area contributed by atoms with Gasteiger partial charge in [-0.3, -0.25) is 4.79 Å². The molecule has 3 aromatic rings. The maximum Gasteiger partial charge on any atom is 0.321 e. The summed E-state index contributed by atoms with van der Waals surface area (Å²) in [6.45, 7) is 0.0594. The van der Waals surface area contributed by atoms with Crippen LogP contribution in [-0.4, -0.2) is 57.4 Å². The number of hydrogen-bond donors (Lipinski definition) is 1. The van der Waals surface area contributed by atoms with Crippen LogP contribution in [0.4, 0.5) is 8.78 Å². The predicted molar refractivity (Wildman–Crippen MR) is 118 cm³/mol. The Morgan fingerprint density at radius 1 is 1.24 bits per heavy atom. The second-order valence-corrected chi connectivity index (χ2v) is 9.71.